The van der Waals surface area contributed by atoms with Crippen LogP contribution in [0.1, 0.15) is 41.5 Å². The number of amides is 2. The quantitative estimate of drug-likeness (QED) is 0.601. The number of ether oxygens (including phenoxy) is 1. The van der Waals surface area contributed by atoms with Gasteiger partial charge in [0, 0.05) is 23.2 Å². The molecule has 30 heavy (non-hydrogen) atoms. The van der Waals surface area contributed by atoms with Crippen molar-refractivity contribution in [3.05, 3.63) is 75.3 Å². The fourth-order valence-electron chi connectivity index (χ4n) is 3.51. The first-order chi connectivity index (χ1) is 14.4. The zero-order chi connectivity index (χ0) is 21.7. The molecule has 0 bridgehead atoms. The molecule has 0 radical (unpaired) electrons. The number of likely N-dealkylation sites (tertiary alicyclic amines) is 1. The Kier molecular flexibility index (Phi) is 7.11. The lowest BCUT2D eigenvalue weighted by molar-refractivity contribution is -0.139. The largest absolute Gasteiger partial charge is 0.496 e. The molecule has 2 aromatic rings. The Morgan fingerprint density at radius 2 is 1.93 bits per heavy atom. The number of rotatable bonds is 4. The molecule has 0 unspecified atom stereocenters. The lowest BCUT2D eigenvalue weighted by Gasteiger charge is -2.17. The van der Waals surface area contributed by atoms with Crippen LogP contribution in [-0.2, 0) is 9.59 Å². The van der Waals surface area contributed by atoms with Crippen LogP contribution in [0.15, 0.2) is 48.0 Å². The molecule has 5 heteroatoms. The van der Waals surface area contributed by atoms with Crippen molar-refractivity contribution in [2.24, 2.45) is 0 Å². The van der Waals surface area contributed by atoms with Crippen LogP contribution >= 0.6 is 11.6 Å². The molecule has 1 aliphatic heterocycles. The standard InChI is InChI=1S/C25H26ClNO3/c1-17-14-19(15-23(30-3)18(17)2)11-12-24(28)27-13-7-6-9-21(25(27)29)16-20-8-4-5-10-22(20)26/h4-5,8,10-12,14-16H,6-7,9,13H2,1-3H3/b12-11+,21-16+. The maximum Gasteiger partial charge on any atom is 0.256 e. The van der Waals surface area contributed by atoms with Crippen molar-refractivity contribution >= 4 is 35.6 Å². The van der Waals surface area contributed by atoms with Gasteiger partial charge in [-0.25, -0.2) is 0 Å². The second-order valence-electron chi connectivity index (χ2n) is 7.44. The zero-order valence-corrected chi connectivity index (χ0v) is 18.3. The van der Waals surface area contributed by atoms with E-state index in [0.717, 1.165) is 40.8 Å². The van der Waals surface area contributed by atoms with E-state index in [-0.39, 0.29) is 11.8 Å². The predicted molar refractivity (Wildman–Crippen MR) is 122 cm³/mol. The van der Waals surface area contributed by atoms with Crippen molar-refractivity contribution in [3.63, 3.8) is 0 Å². The molecular formula is C25H26ClNO3. The molecule has 0 N–H and O–H groups in total. The molecule has 0 saturated carbocycles. The zero-order valence-electron chi connectivity index (χ0n) is 17.6. The third-order valence-electron chi connectivity index (χ3n) is 5.38. The van der Waals surface area contributed by atoms with Crippen molar-refractivity contribution in [2.75, 3.05) is 13.7 Å². The van der Waals surface area contributed by atoms with Crippen molar-refractivity contribution in [1.82, 2.24) is 4.90 Å². The Labute approximate surface area is 182 Å². The van der Waals surface area contributed by atoms with Gasteiger partial charge >= 0.3 is 0 Å². The van der Waals surface area contributed by atoms with Crippen LogP contribution in [0.5, 0.6) is 5.75 Å². The van der Waals surface area contributed by atoms with Gasteiger partial charge in [0.15, 0.2) is 0 Å². The minimum Gasteiger partial charge on any atom is -0.496 e. The fourth-order valence-corrected chi connectivity index (χ4v) is 3.70. The van der Waals surface area contributed by atoms with Crippen molar-refractivity contribution < 1.29 is 14.3 Å². The highest BCUT2D eigenvalue weighted by Gasteiger charge is 2.25. The summed E-state index contributed by atoms with van der Waals surface area (Å²) in [6.07, 6.45) is 7.25. The lowest BCUT2D eigenvalue weighted by atomic mass is 10.0. The van der Waals surface area contributed by atoms with E-state index in [4.69, 9.17) is 16.3 Å². The SMILES string of the molecule is COc1cc(/C=C/C(=O)N2CCCC/C(=C\c3ccccc3Cl)C2=O)cc(C)c1C. The maximum atomic E-state index is 13.1. The predicted octanol–water partition coefficient (Wildman–Crippen LogP) is 5.60. The summed E-state index contributed by atoms with van der Waals surface area (Å²) in [6.45, 7) is 4.41. The number of benzene rings is 2. The third kappa shape index (κ3) is 5.00. The fraction of sp³-hybridized carbons (Fsp3) is 0.280. The summed E-state index contributed by atoms with van der Waals surface area (Å²) in [5, 5.41) is 0.587. The third-order valence-corrected chi connectivity index (χ3v) is 5.72. The van der Waals surface area contributed by atoms with Gasteiger partial charge in [0.25, 0.3) is 11.8 Å². The average molecular weight is 424 g/mol. The highest BCUT2D eigenvalue weighted by Crippen LogP contribution is 2.25. The van der Waals surface area contributed by atoms with E-state index in [1.165, 1.54) is 11.0 Å². The van der Waals surface area contributed by atoms with Gasteiger partial charge in [0.1, 0.15) is 5.75 Å². The molecule has 2 amide bonds. The van der Waals surface area contributed by atoms with E-state index < -0.39 is 0 Å². The van der Waals surface area contributed by atoms with Crippen molar-refractivity contribution in [3.8, 4) is 5.75 Å². The van der Waals surface area contributed by atoms with Crippen LogP contribution in [0.2, 0.25) is 5.02 Å². The van der Waals surface area contributed by atoms with E-state index in [1.54, 1.807) is 25.3 Å². The molecule has 0 aromatic heterocycles. The van der Waals surface area contributed by atoms with Crippen LogP contribution in [0.3, 0.4) is 0 Å². The molecule has 4 nitrogen and oxygen atoms in total. The second-order valence-corrected chi connectivity index (χ2v) is 7.85. The summed E-state index contributed by atoms with van der Waals surface area (Å²) in [6, 6.07) is 11.3. The molecule has 0 atom stereocenters. The van der Waals surface area contributed by atoms with Gasteiger partial charge in [-0.15, -0.1) is 0 Å². The summed E-state index contributed by atoms with van der Waals surface area (Å²) in [5.74, 6) is 0.210. The first-order valence-corrected chi connectivity index (χ1v) is 10.4. The van der Waals surface area contributed by atoms with E-state index in [2.05, 4.69) is 0 Å². The molecule has 1 heterocycles. The number of imide groups is 1. The Bertz CT molecular complexity index is 1020. The number of methoxy groups -OCH3 is 1. The van der Waals surface area contributed by atoms with E-state index in [9.17, 15) is 9.59 Å². The lowest BCUT2D eigenvalue weighted by Crippen LogP contribution is -2.36. The average Bonchev–Trinajstić information content (AvgIpc) is 2.92. The van der Waals surface area contributed by atoms with Gasteiger partial charge in [-0.3, -0.25) is 14.5 Å². The number of halogens is 1. The minimum atomic E-state index is -0.316. The van der Waals surface area contributed by atoms with Gasteiger partial charge in [0.05, 0.1) is 7.11 Å². The Balaban J connectivity index is 1.83. The van der Waals surface area contributed by atoms with Gasteiger partial charge < -0.3 is 4.74 Å². The van der Waals surface area contributed by atoms with Crippen LogP contribution in [0.25, 0.3) is 12.2 Å². The Morgan fingerprint density at radius 3 is 2.67 bits per heavy atom. The summed E-state index contributed by atoms with van der Waals surface area (Å²) in [7, 11) is 1.63. The summed E-state index contributed by atoms with van der Waals surface area (Å²) >= 11 is 6.24. The number of carbonyl (C=O) groups excluding carboxylic acids is 2. The van der Waals surface area contributed by atoms with Gasteiger partial charge in [-0.1, -0.05) is 35.9 Å². The maximum absolute atomic E-state index is 13.1. The molecule has 0 spiro atoms. The molecule has 2 aromatic carbocycles. The first kappa shape index (κ1) is 21.8. The number of carbonyl (C=O) groups is 2. The highest BCUT2D eigenvalue weighted by molar-refractivity contribution is 6.32. The smallest absolute Gasteiger partial charge is 0.256 e. The second kappa shape index (κ2) is 9.77. The topological polar surface area (TPSA) is 46.6 Å². The normalized spacial score (nSPS) is 16.2. The number of hydrogen-bond donors (Lipinski definition) is 0. The molecule has 1 aliphatic rings. The first-order valence-electron chi connectivity index (χ1n) is 10.0. The van der Waals surface area contributed by atoms with Crippen LogP contribution in [-0.4, -0.2) is 30.4 Å². The Hall–Kier alpha value is -2.85. The molecule has 156 valence electrons. The molecule has 1 saturated heterocycles. The monoisotopic (exact) mass is 423 g/mol. The van der Waals surface area contributed by atoms with Crippen LogP contribution in [0.4, 0.5) is 0 Å². The molecular weight excluding hydrogens is 398 g/mol. The number of nitrogens with zero attached hydrogens (tertiary/aromatic N) is 1. The number of aryl methyl sites for hydroxylation is 1. The van der Waals surface area contributed by atoms with Gasteiger partial charge in [0.2, 0.25) is 0 Å². The molecule has 0 aliphatic carbocycles. The summed E-state index contributed by atoms with van der Waals surface area (Å²) in [4.78, 5) is 27.2. The van der Waals surface area contributed by atoms with Crippen LogP contribution in [0, 0.1) is 13.8 Å². The molecule has 3 rings (SSSR count). The molecule has 1 fully saturated rings. The highest BCUT2D eigenvalue weighted by atomic mass is 35.5. The number of hydrogen-bond acceptors (Lipinski definition) is 3. The Morgan fingerprint density at radius 1 is 1.17 bits per heavy atom. The van der Waals surface area contributed by atoms with E-state index in [0.29, 0.717) is 23.6 Å². The van der Waals surface area contributed by atoms with Gasteiger partial charge in [-0.2, -0.15) is 0 Å². The van der Waals surface area contributed by atoms with Crippen LogP contribution < -0.4 is 4.74 Å². The summed E-state index contributed by atoms with van der Waals surface area (Å²) in [5.41, 5.74) is 4.40. The van der Waals surface area contributed by atoms with Crippen molar-refractivity contribution in [2.45, 2.75) is 33.1 Å². The summed E-state index contributed by atoms with van der Waals surface area (Å²) < 4.78 is 5.40. The van der Waals surface area contributed by atoms with Crippen molar-refractivity contribution in [1.29, 1.82) is 0 Å². The minimum absolute atomic E-state index is 0.250. The van der Waals surface area contributed by atoms with E-state index >= 15 is 0 Å². The van der Waals surface area contributed by atoms with E-state index in [1.807, 2.05) is 44.2 Å². The van der Waals surface area contributed by atoms with Gasteiger partial charge in [-0.05, 0) is 79.6 Å².